The minimum atomic E-state index is -3.36. The quantitative estimate of drug-likeness (QED) is 0.458. The third kappa shape index (κ3) is 5.06. The lowest BCUT2D eigenvalue weighted by atomic mass is 9.80. The van der Waals surface area contributed by atoms with Crippen molar-refractivity contribution in [2.75, 3.05) is 50.4 Å². The second-order valence-electron chi connectivity index (χ2n) is 10.2. The standard InChI is InChI=1S/C28H29F2N5O3S/c1-19-4-6-23(24(30)16-19)28(31-2)8-10-33(11-9-28)26-21-17-20(29)5-7-25(21)32-18-22(26)27(36)34-12-14-35(15-13-34)39(3,37)38/h4-7,16-18H,8-15H2,1,3H3. The maximum absolute atomic E-state index is 14.9. The van der Waals surface area contributed by atoms with Gasteiger partial charge in [-0.15, -0.1) is 0 Å². The Morgan fingerprint density at radius 3 is 2.33 bits per heavy atom. The van der Waals surface area contributed by atoms with Crippen LogP contribution < -0.4 is 4.90 Å². The van der Waals surface area contributed by atoms with Crippen LogP contribution in [-0.4, -0.2) is 74.0 Å². The van der Waals surface area contributed by atoms with Gasteiger partial charge in [0.1, 0.15) is 11.6 Å². The van der Waals surface area contributed by atoms with Crippen molar-refractivity contribution >= 4 is 32.5 Å². The third-order valence-electron chi connectivity index (χ3n) is 7.77. The van der Waals surface area contributed by atoms with Gasteiger partial charge in [0, 0.05) is 63.7 Å². The van der Waals surface area contributed by atoms with Crippen molar-refractivity contribution in [2.24, 2.45) is 0 Å². The molecule has 0 unspecified atom stereocenters. The number of carbonyl (C=O) groups is 1. The Bertz CT molecular complexity index is 1590. The van der Waals surface area contributed by atoms with Crippen molar-refractivity contribution in [1.29, 1.82) is 0 Å². The number of pyridine rings is 1. The van der Waals surface area contributed by atoms with Crippen LogP contribution in [0, 0.1) is 25.1 Å². The van der Waals surface area contributed by atoms with Crippen LogP contribution in [0.2, 0.25) is 0 Å². The van der Waals surface area contributed by atoms with Gasteiger partial charge in [-0.2, -0.15) is 4.31 Å². The second kappa shape index (κ2) is 10.2. The first-order chi connectivity index (χ1) is 18.5. The lowest BCUT2D eigenvalue weighted by molar-refractivity contribution is 0.0698. The number of nitrogens with zero attached hydrogens (tertiary/aromatic N) is 5. The number of hydrogen-bond donors (Lipinski definition) is 0. The van der Waals surface area contributed by atoms with Crippen LogP contribution in [0.5, 0.6) is 0 Å². The van der Waals surface area contributed by atoms with Crippen LogP contribution in [0.3, 0.4) is 0 Å². The van der Waals surface area contributed by atoms with Crippen LogP contribution >= 0.6 is 0 Å². The predicted octanol–water partition coefficient (Wildman–Crippen LogP) is 3.95. The van der Waals surface area contributed by atoms with Gasteiger partial charge in [-0.3, -0.25) is 9.78 Å². The molecule has 204 valence electrons. The van der Waals surface area contributed by atoms with Gasteiger partial charge >= 0.3 is 0 Å². The van der Waals surface area contributed by atoms with Gasteiger partial charge in [-0.05, 0) is 42.8 Å². The largest absolute Gasteiger partial charge is 0.370 e. The predicted molar refractivity (Wildman–Crippen MR) is 145 cm³/mol. The molecule has 0 radical (unpaired) electrons. The summed E-state index contributed by atoms with van der Waals surface area (Å²) in [4.78, 5) is 25.6. The number of piperazine rings is 1. The molecule has 2 saturated heterocycles. The maximum Gasteiger partial charge on any atom is 0.263 e. The van der Waals surface area contributed by atoms with Gasteiger partial charge in [0.2, 0.25) is 10.0 Å². The zero-order valence-corrected chi connectivity index (χ0v) is 22.6. The molecule has 5 rings (SSSR count). The van der Waals surface area contributed by atoms with Gasteiger partial charge in [-0.1, -0.05) is 6.07 Å². The molecule has 0 N–H and O–H groups in total. The fraction of sp³-hybridized carbons (Fsp3) is 0.393. The molecule has 0 saturated carbocycles. The molecule has 1 aromatic heterocycles. The van der Waals surface area contributed by atoms with E-state index in [0.29, 0.717) is 48.1 Å². The fourth-order valence-corrected chi connectivity index (χ4v) is 6.41. The van der Waals surface area contributed by atoms with Gasteiger partial charge in [0.05, 0.1) is 28.6 Å². The summed E-state index contributed by atoms with van der Waals surface area (Å²) in [6.45, 7) is 11.3. The van der Waals surface area contributed by atoms with Crippen molar-refractivity contribution in [3.63, 3.8) is 0 Å². The number of aryl methyl sites for hydroxylation is 1. The molecule has 2 aromatic carbocycles. The number of rotatable bonds is 4. The highest BCUT2D eigenvalue weighted by molar-refractivity contribution is 7.88. The number of hydrogen-bond acceptors (Lipinski definition) is 5. The van der Waals surface area contributed by atoms with Crippen LogP contribution in [0.1, 0.15) is 34.3 Å². The van der Waals surface area contributed by atoms with Crippen LogP contribution in [0.4, 0.5) is 14.5 Å². The Hall–Kier alpha value is -3.62. The molecule has 1 amide bonds. The first kappa shape index (κ1) is 27.0. The highest BCUT2D eigenvalue weighted by atomic mass is 32.2. The minimum Gasteiger partial charge on any atom is -0.370 e. The number of aromatic nitrogens is 1. The molecule has 2 aliphatic rings. The number of piperidine rings is 1. The van der Waals surface area contributed by atoms with Crippen LogP contribution in [0.25, 0.3) is 15.7 Å². The molecule has 0 atom stereocenters. The summed E-state index contributed by atoms with van der Waals surface area (Å²) in [7, 11) is -3.36. The zero-order valence-electron chi connectivity index (χ0n) is 21.8. The fourth-order valence-electron chi connectivity index (χ4n) is 5.58. The molecule has 2 fully saturated rings. The number of carbonyl (C=O) groups excluding carboxylic acids is 1. The Morgan fingerprint density at radius 2 is 1.72 bits per heavy atom. The van der Waals surface area contributed by atoms with E-state index in [2.05, 4.69) is 9.83 Å². The van der Waals surface area contributed by atoms with E-state index in [0.717, 1.165) is 11.8 Å². The van der Waals surface area contributed by atoms with E-state index in [1.54, 1.807) is 30.0 Å². The molecule has 11 heteroatoms. The average molecular weight is 554 g/mol. The zero-order chi connectivity index (χ0) is 27.9. The molecular formula is C28H29F2N5O3S. The molecule has 3 aromatic rings. The maximum atomic E-state index is 14.9. The van der Waals surface area contributed by atoms with Gasteiger partial charge < -0.3 is 14.6 Å². The van der Waals surface area contributed by atoms with Crippen molar-refractivity contribution in [2.45, 2.75) is 25.3 Å². The van der Waals surface area contributed by atoms with E-state index >= 15 is 0 Å². The number of sulfonamides is 1. The summed E-state index contributed by atoms with van der Waals surface area (Å²) < 4.78 is 54.5. The first-order valence-corrected chi connectivity index (χ1v) is 14.6. The molecule has 8 nitrogen and oxygen atoms in total. The highest BCUT2D eigenvalue weighted by Crippen LogP contribution is 2.42. The van der Waals surface area contributed by atoms with E-state index in [4.69, 9.17) is 6.57 Å². The molecule has 0 aliphatic carbocycles. The van der Waals surface area contributed by atoms with Crippen molar-refractivity contribution in [3.05, 3.63) is 82.3 Å². The SMILES string of the molecule is [C-]#[N+]C1(c2ccc(C)cc2F)CCN(c2c(C(=O)N3CCN(S(C)(=O)=O)CC3)cnc3ccc(F)cc23)CC1. The van der Waals surface area contributed by atoms with Crippen LogP contribution in [-0.2, 0) is 15.6 Å². The summed E-state index contributed by atoms with van der Waals surface area (Å²) in [5.41, 5.74) is 1.45. The number of anilines is 1. The van der Waals surface area contributed by atoms with E-state index in [-0.39, 0.29) is 37.6 Å². The summed E-state index contributed by atoms with van der Waals surface area (Å²) in [6, 6.07) is 9.14. The Balaban J connectivity index is 1.49. The monoisotopic (exact) mass is 553 g/mol. The topological polar surface area (TPSA) is 78.2 Å². The average Bonchev–Trinajstić information content (AvgIpc) is 2.92. The summed E-state index contributed by atoms with van der Waals surface area (Å²) in [5, 5.41) is 0.479. The molecule has 3 heterocycles. The van der Waals surface area contributed by atoms with Gasteiger partial charge in [-0.25, -0.2) is 23.8 Å². The summed E-state index contributed by atoms with van der Waals surface area (Å²) in [5.74, 6) is -1.19. The van der Waals surface area contributed by atoms with E-state index in [9.17, 15) is 22.0 Å². The number of benzene rings is 2. The third-order valence-corrected chi connectivity index (χ3v) is 9.08. The van der Waals surface area contributed by atoms with Crippen molar-refractivity contribution in [3.8, 4) is 0 Å². The Kier molecular flexibility index (Phi) is 7.03. The molecular weight excluding hydrogens is 524 g/mol. The van der Waals surface area contributed by atoms with Gasteiger partial charge in [0.25, 0.3) is 11.4 Å². The lowest BCUT2D eigenvalue weighted by Gasteiger charge is -2.38. The Morgan fingerprint density at radius 1 is 1.03 bits per heavy atom. The van der Waals surface area contributed by atoms with Crippen molar-refractivity contribution in [1.82, 2.24) is 14.2 Å². The van der Waals surface area contributed by atoms with E-state index in [1.807, 2.05) is 4.90 Å². The molecule has 0 bridgehead atoms. The van der Waals surface area contributed by atoms with Crippen molar-refractivity contribution < 1.29 is 22.0 Å². The van der Waals surface area contributed by atoms with E-state index in [1.165, 1.54) is 28.7 Å². The van der Waals surface area contributed by atoms with E-state index < -0.39 is 27.2 Å². The Labute approximate surface area is 226 Å². The van der Waals surface area contributed by atoms with Gasteiger partial charge in [0.15, 0.2) is 0 Å². The normalized spacial score (nSPS) is 18.2. The lowest BCUT2D eigenvalue weighted by Crippen LogP contribution is -2.50. The molecule has 2 aliphatic heterocycles. The summed E-state index contributed by atoms with van der Waals surface area (Å²) in [6.07, 6.45) is 3.29. The minimum absolute atomic E-state index is 0.189. The molecule has 0 spiro atoms. The first-order valence-electron chi connectivity index (χ1n) is 12.8. The second-order valence-corrected chi connectivity index (χ2v) is 12.2. The summed E-state index contributed by atoms with van der Waals surface area (Å²) >= 11 is 0. The molecule has 39 heavy (non-hydrogen) atoms. The number of amides is 1. The highest BCUT2D eigenvalue weighted by Gasteiger charge is 2.45. The number of fused-ring (bicyclic) bond motifs is 1. The van der Waals surface area contributed by atoms with Crippen LogP contribution in [0.15, 0.2) is 42.6 Å². The smallest absolute Gasteiger partial charge is 0.263 e. The number of halogens is 2.